The minimum atomic E-state index is -0.162. The minimum Gasteiger partial charge on any atom is -0.361 e. The summed E-state index contributed by atoms with van der Waals surface area (Å²) in [7, 11) is 0. The monoisotopic (exact) mass is 242 g/mol. The van der Waals surface area contributed by atoms with Crippen molar-refractivity contribution in [3.63, 3.8) is 0 Å². The number of carbonyl (C=O) groups excluding carboxylic acids is 1. The van der Waals surface area contributed by atoms with Gasteiger partial charge in [0, 0.05) is 22.7 Å². The molecule has 0 saturated heterocycles. The number of hydrogen-bond acceptors (Lipinski definition) is 4. The zero-order valence-electron chi connectivity index (χ0n) is 9.34. The Hall–Kier alpha value is -2.70. The molecular formula is C11H10N6O. The highest BCUT2D eigenvalue weighted by Crippen LogP contribution is 2.17. The fraction of sp³-hybridized carbons (Fsp3) is 0.0909. The molecular weight excluding hydrogens is 232 g/mol. The SMILES string of the molecule is O=C(NCc1nn[nH]n1)c1cccc2[nH]ccc12. The van der Waals surface area contributed by atoms with Gasteiger partial charge in [-0.15, -0.1) is 10.2 Å². The minimum absolute atomic E-state index is 0.162. The van der Waals surface area contributed by atoms with Gasteiger partial charge in [-0.2, -0.15) is 5.21 Å². The van der Waals surface area contributed by atoms with Crippen molar-refractivity contribution in [1.82, 2.24) is 30.9 Å². The third-order valence-electron chi connectivity index (χ3n) is 2.64. The molecule has 0 atom stereocenters. The van der Waals surface area contributed by atoms with Crippen LogP contribution in [0.4, 0.5) is 0 Å². The summed E-state index contributed by atoms with van der Waals surface area (Å²) in [5.74, 6) is 0.287. The first-order valence-electron chi connectivity index (χ1n) is 5.41. The van der Waals surface area contributed by atoms with Gasteiger partial charge in [0.15, 0.2) is 5.82 Å². The fourth-order valence-corrected chi connectivity index (χ4v) is 1.80. The zero-order valence-corrected chi connectivity index (χ0v) is 9.34. The third kappa shape index (κ3) is 1.81. The second kappa shape index (κ2) is 4.28. The Morgan fingerprint density at radius 3 is 3.11 bits per heavy atom. The number of fused-ring (bicyclic) bond motifs is 1. The summed E-state index contributed by atoms with van der Waals surface area (Å²) in [6.45, 7) is 0.246. The van der Waals surface area contributed by atoms with E-state index in [1.54, 1.807) is 12.3 Å². The van der Waals surface area contributed by atoms with E-state index in [0.29, 0.717) is 11.4 Å². The summed E-state index contributed by atoms with van der Waals surface area (Å²) >= 11 is 0. The van der Waals surface area contributed by atoms with Crippen molar-refractivity contribution >= 4 is 16.8 Å². The average Bonchev–Trinajstić information content (AvgIpc) is 3.05. The lowest BCUT2D eigenvalue weighted by molar-refractivity contribution is 0.0951. The van der Waals surface area contributed by atoms with E-state index < -0.39 is 0 Å². The van der Waals surface area contributed by atoms with E-state index in [1.165, 1.54) is 0 Å². The summed E-state index contributed by atoms with van der Waals surface area (Å²) < 4.78 is 0. The zero-order chi connectivity index (χ0) is 12.4. The Bertz CT molecular complexity index is 672. The highest BCUT2D eigenvalue weighted by Gasteiger charge is 2.10. The van der Waals surface area contributed by atoms with Crippen LogP contribution >= 0.6 is 0 Å². The van der Waals surface area contributed by atoms with Crippen LogP contribution in [0.15, 0.2) is 30.5 Å². The van der Waals surface area contributed by atoms with Gasteiger partial charge in [0.1, 0.15) is 0 Å². The highest BCUT2D eigenvalue weighted by molar-refractivity contribution is 6.06. The molecule has 1 aromatic carbocycles. The number of hydrogen-bond donors (Lipinski definition) is 3. The highest BCUT2D eigenvalue weighted by atomic mass is 16.1. The molecule has 0 radical (unpaired) electrons. The molecule has 3 aromatic rings. The van der Waals surface area contributed by atoms with Crippen molar-refractivity contribution in [3.05, 3.63) is 41.9 Å². The molecule has 0 aliphatic heterocycles. The molecule has 0 fully saturated rings. The molecule has 2 heterocycles. The van der Waals surface area contributed by atoms with E-state index in [-0.39, 0.29) is 12.5 Å². The molecule has 0 saturated carbocycles. The molecule has 0 aliphatic rings. The van der Waals surface area contributed by atoms with E-state index in [2.05, 4.69) is 30.9 Å². The molecule has 1 amide bonds. The summed E-state index contributed by atoms with van der Waals surface area (Å²) in [5, 5.41) is 16.9. The number of amides is 1. The lowest BCUT2D eigenvalue weighted by atomic mass is 10.1. The van der Waals surface area contributed by atoms with Crippen molar-refractivity contribution in [1.29, 1.82) is 0 Å². The van der Waals surface area contributed by atoms with Crippen LogP contribution in [0.3, 0.4) is 0 Å². The smallest absolute Gasteiger partial charge is 0.252 e. The van der Waals surface area contributed by atoms with Crippen molar-refractivity contribution in [2.45, 2.75) is 6.54 Å². The Labute approximate surface area is 102 Å². The number of nitrogens with zero attached hydrogens (tertiary/aromatic N) is 3. The van der Waals surface area contributed by atoms with Crippen LogP contribution in [0, 0.1) is 0 Å². The first-order valence-corrected chi connectivity index (χ1v) is 5.41. The van der Waals surface area contributed by atoms with Crippen LogP contribution in [0.5, 0.6) is 0 Å². The van der Waals surface area contributed by atoms with Crippen molar-refractivity contribution in [3.8, 4) is 0 Å². The first-order chi connectivity index (χ1) is 8.84. The predicted molar refractivity (Wildman–Crippen MR) is 63.6 cm³/mol. The van der Waals surface area contributed by atoms with Crippen molar-refractivity contribution in [2.24, 2.45) is 0 Å². The molecule has 0 aliphatic carbocycles. The fourth-order valence-electron chi connectivity index (χ4n) is 1.80. The van der Waals surface area contributed by atoms with Crippen LogP contribution in [-0.4, -0.2) is 31.5 Å². The molecule has 3 N–H and O–H groups in total. The lowest BCUT2D eigenvalue weighted by Gasteiger charge is -2.03. The molecule has 0 unspecified atom stereocenters. The Kier molecular flexibility index (Phi) is 2.49. The predicted octanol–water partition coefficient (Wildman–Crippen LogP) is 0.611. The molecule has 7 heteroatoms. The average molecular weight is 242 g/mol. The third-order valence-corrected chi connectivity index (χ3v) is 2.64. The van der Waals surface area contributed by atoms with E-state index >= 15 is 0 Å². The maximum Gasteiger partial charge on any atom is 0.252 e. The molecule has 3 rings (SSSR count). The van der Waals surface area contributed by atoms with Crippen LogP contribution < -0.4 is 5.32 Å². The van der Waals surface area contributed by atoms with Crippen molar-refractivity contribution in [2.75, 3.05) is 0 Å². The molecule has 0 spiro atoms. The van der Waals surface area contributed by atoms with Gasteiger partial charge in [-0.3, -0.25) is 4.79 Å². The number of benzene rings is 1. The molecule has 7 nitrogen and oxygen atoms in total. The maximum atomic E-state index is 12.0. The summed E-state index contributed by atoms with van der Waals surface area (Å²) in [6, 6.07) is 7.41. The molecule has 0 bridgehead atoms. The Balaban J connectivity index is 1.81. The number of H-pyrrole nitrogens is 2. The van der Waals surface area contributed by atoms with Crippen LogP contribution in [-0.2, 0) is 6.54 Å². The molecule has 90 valence electrons. The second-order valence-corrected chi connectivity index (χ2v) is 3.76. The van der Waals surface area contributed by atoms with E-state index in [4.69, 9.17) is 0 Å². The number of tetrazole rings is 1. The van der Waals surface area contributed by atoms with Gasteiger partial charge in [-0.05, 0) is 18.2 Å². The maximum absolute atomic E-state index is 12.0. The topological polar surface area (TPSA) is 99.3 Å². The van der Waals surface area contributed by atoms with Gasteiger partial charge in [-0.1, -0.05) is 11.3 Å². The van der Waals surface area contributed by atoms with Gasteiger partial charge in [0.25, 0.3) is 5.91 Å². The van der Waals surface area contributed by atoms with E-state index in [0.717, 1.165) is 10.9 Å². The van der Waals surface area contributed by atoms with E-state index in [9.17, 15) is 4.79 Å². The number of carbonyl (C=O) groups is 1. The van der Waals surface area contributed by atoms with Crippen LogP contribution in [0.2, 0.25) is 0 Å². The van der Waals surface area contributed by atoms with Gasteiger partial charge in [0.05, 0.1) is 6.54 Å². The number of aromatic amines is 2. The van der Waals surface area contributed by atoms with Crippen LogP contribution in [0.25, 0.3) is 10.9 Å². The largest absolute Gasteiger partial charge is 0.361 e. The summed E-state index contributed by atoms with van der Waals surface area (Å²) in [5.41, 5.74) is 1.56. The number of nitrogens with one attached hydrogen (secondary N) is 3. The van der Waals surface area contributed by atoms with Crippen molar-refractivity contribution < 1.29 is 4.79 Å². The van der Waals surface area contributed by atoms with Crippen LogP contribution in [0.1, 0.15) is 16.2 Å². The normalized spacial score (nSPS) is 10.7. The summed E-state index contributed by atoms with van der Waals surface area (Å²) in [4.78, 5) is 15.1. The first kappa shape index (κ1) is 10.5. The quantitative estimate of drug-likeness (QED) is 0.626. The van der Waals surface area contributed by atoms with Gasteiger partial charge in [-0.25, -0.2) is 0 Å². The Morgan fingerprint density at radius 2 is 2.28 bits per heavy atom. The molecule has 18 heavy (non-hydrogen) atoms. The molecule has 2 aromatic heterocycles. The van der Waals surface area contributed by atoms with Gasteiger partial charge >= 0.3 is 0 Å². The van der Waals surface area contributed by atoms with E-state index in [1.807, 2.05) is 18.2 Å². The number of rotatable bonds is 3. The second-order valence-electron chi connectivity index (χ2n) is 3.76. The number of aromatic nitrogens is 5. The van der Waals surface area contributed by atoms with Gasteiger partial charge < -0.3 is 10.3 Å². The summed E-state index contributed by atoms with van der Waals surface area (Å²) in [6.07, 6.45) is 1.81. The lowest BCUT2D eigenvalue weighted by Crippen LogP contribution is -2.23. The Morgan fingerprint density at radius 1 is 1.33 bits per heavy atom. The van der Waals surface area contributed by atoms with Gasteiger partial charge in [0.2, 0.25) is 0 Å². The standard InChI is InChI=1S/C11H10N6O/c18-11(13-6-10-14-16-17-15-10)8-2-1-3-9-7(8)4-5-12-9/h1-5,12H,6H2,(H,13,18)(H,14,15,16,17).